The van der Waals surface area contributed by atoms with Crippen molar-refractivity contribution in [1.29, 1.82) is 0 Å². The Morgan fingerprint density at radius 2 is 1.72 bits per heavy atom. The van der Waals surface area contributed by atoms with Crippen molar-refractivity contribution >= 4 is 11.9 Å². The topological polar surface area (TPSA) is 107 Å². The number of hydrogen-bond donors (Lipinski definition) is 4. The molecule has 0 atom stereocenters. The number of carbonyl (C=O) groups is 2. The fraction of sp³-hybridized carbons (Fsp3) is 0.333. The number of carbonyl (C=O) groups excluding carboxylic acids is 1. The molecule has 1 aliphatic rings. The van der Waals surface area contributed by atoms with Crippen molar-refractivity contribution in [2.75, 3.05) is 6.54 Å². The van der Waals surface area contributed by atoms with Gasteiger partial charge in [-0.2, -0.15) is 0 Å². The summed E-state index contributed by atoms with van der Waals surface area (Å²) in [4.78, 5) is 22.6. The lowest BCUT2D eigenvalue weighted by Crippen LogP contribution is -2.34. The average molecular weight is 251 g/mol. The van der Waals surface area contributed by atoms with E-state index in [2.05, 4.69) is 5.32 Å². The van der Waals surface area contributed by atoms with Gasteiger partial charge in [0.2, 0.25) is 0 Å². The summed E-state index contributed by atoms with van der Waals surface area (Å²) in [6.45, 7) is 0.0532. The van der Waals surface area contributed by atoms with Crippen molar-refractivity contribution < 1.29 is 24.9 Å². The average Bonchev–Trinajstić information content (AvgIpc) is 3.05. The highest BCUT2D eigenvalue weighted by molar-refractivity contribution is 5.95. The third-order valence-corrected chi connectivity index (χ3v) is 3.06. The largest absolute Gasteiger partial charge is 0.508 e. The first-order valence-corrected chi connectivity index (χ1v) is 5.48. The number of rotatable bonds is 4. The molecule has 2 rings (SSSR count). The van der Waals surface area contributed by atoms with Crippen LogP contribution in [0.3, 0.4) is 0 Å². The van der Waals surface area contributed by atoms with Gasteiger partial charge >= 0.3 is 5.97 Å². The molecular formula is C12H13NO5. The summed E-state index contributed by atoms with van der Waals surface area (Å²) in [5, 5.41) is 29.9. The second-order valence-corrected chi connectivity index (χ2v) is 4.51. The third kappa shape index (κ3) is 2.37. The summed E-state index contributed by atoms with van der Waals surface area (Å²) in [7, 11) is 0. The van der Waals surface area contributed by atoms with Crippen molar-refractivity contribution in [2.45, 2.75) is 12.8 Å². The van der Waals surface area contributed by atoms with Gasteiger partial charge in [-0.05, 0) is 25.0 Å². The van der Waals surface area contributed by atoms with E-state index in [9.17, 15) is 19.8 Å². The van der Waals surface area contributed by atoms with Crippen molar-refractivity contribution in [3.8, 4) is 11.5 Å². The van der Waals surface area contributed by atoms with Crippen LogP contribution in [0.4, 0.5) is 0 Å². The number of nitrogens with one attached hydrogen (secondary N) is 1. The molecule has 0 aliphatic heterocycles. The van der Waals surface area contributed by atoms with Gasteiger partial charge in [0.25, 0.3) is 5.91 Å². The highest BCUT2D eigenvalue weighted by Gasteiger charge is 2.50. The fourth-order valence-electron chi connectivity index (χ4n) is 1.69. The monoisotopic (exact) mass is 251 g/mol. The van der Waals surface area contributed by atoms with Gasteiger partial charge in [-0.25, -0.2) is 0 Å². The second kappa shape index (κ2) is 4.21. The third-order valence-electron chi connectivity index (χ3n) is 3.06. The lowest BCUT2D eigenvalue weighted by molar-refractivity contribution is -0.143. The highest BCUT2D eigenvalue weighted by Crippen LogP contribution is 2.45. The van der Waals surface area contributed by atoms with E-state index in [4.69, 9.17) is 5.11 Å². The minimum absolute atomic E-state index is 0.0532. The Bertz CT molecular complexity index is 487. The molecule has 6 heteroatoms. The summed E-state index contributed by atoms with van der Waals surface area (Å²) in [5.74, 6) is -1.88. The van der Waals surface area contributed by atoms with E-state index in [1.165, 1.54) is 12.1 Å². The number of amides is 1. The maximum absolute atomic E-state index is 11.7. The van der Waals surface area contributed by atoms with Crippen LogP contribution in [0, 0.1) is 5.41 Å². The number of aliphatic carboxylic acids is 1. The van der Waals surface area contributed by atoms with Gasteiger partial charge in [0.1, 0.15) is 11.5 Å². The number of hydrogen-bond acceptors (Lipinski definition) is 4. The first kappa shape index (κ1) is 12.2. The van der Waals surface area contributed by atoms with E-state index in [0.29, 0.717) is 12.8 Å². The summed E-state index contributed by atoms with van der Waals surface area (Å²) in [6, 6.07) is 3.52. The molecule has 1 aromatic rings. The van der Waals surface area contributed by atoms with Crippen LogP contribution in [0.2, 0.25) is 0 Å². The molecule has 1 saturated carbocycles. The standard InChI is InChI=1S/C12H13NO5/c14-8-3-7(4-9(15)5-8)10(16)13-6-12(1-2-12)11(17)18/h3-5,14-15H,1-2,6H2,(H,13,16)(H,17,18). The smallest absolute Gasteiger partial charge is 0.311 e. The number of aromatic hydroxyl groups is 2. The maximum atomic E-state index is 11.7. The Morgan fingerprint density at radius 1 is 1.17 bits per heavy atom. The Morgan fingerprint density at radius 3 is 2.17 bits per heavy atom. The molecule has 4 N–H and O–H groups in total. The van der Waals surface area contributed by atoms with Crippen molar-refractivity contribution in [3.05, 3.63) is 23.8 Å². The molecule has 0 aromatic heterocycles. The van der Waals surface area contributed by atoms with Crippen LogP contribution < -0.4 is 5.32 Å². The van der Waals surface area contributed by atoms with E-state index in [0.717, 1.165) is 6.07 Å². The summed E-state index contributed by atoms with van der Waals surface area (Å²) < 4.78 is 0. The second-order valence-electron chi connectivity index (χ2n) is 4.51. The summed E-state index contributed by atoms with van der Waals surface area (Å²) >= 11 is 0. The number of benzene rings is 1. The lowest BCUT2D eigenvalue weighted by Gasteiger charge is -2.11. The molecule has 0 saturated heterocycles. The predicted octanol–water partition coefficient (Wildman–Crippen LogP) is 0.692. The quantitative estimate of drug-likeness (QED) is 0.630. The minimum Gasteiger partial charge on any atom is -0.508 e. The zero-order valence-electron chi connectivity index (χ0n) is 9.51. The number of phenols is 2. The van der Waals surface area contributed by atoms with Gasteiger partial charge in [0, 0.05) is 18.2 Å². The Balaban J connectivity index is 2.02. The first-order valence-electron chi connectivity index (χ1n) is 5.48. The highest BCUT2D eigenvalue weighted by atomic mass is 16.4. The number of carboxylic acids is 1. The molecule has 1 aromatic carbocycles. The molecule has 0 bridgehead atoms. The van der Waals surface area contributed by atoms with Crippen LogP contribution in [0.1, 0.15) is 23.2 Å². The normalized spacial score (nSPS) is 16.0. The minimum atomic E-state index is -0.915. The van der Waals surface area contributed by atoms with Crippen LogP contribution in [-0.4, -0.2) is 33.7 Å². The summed E-state index contributed by atoms with van der Waals surface area (Å²) in [6.07, 6.45) is 1.10. The Kier molecular flexibility index (Phi) is 2.86. The van der Waals surface area contributed by atoms with Gasteiger partial charge in [-0.1, -0.05) is 0 Å². The van der Waals surface area contributed by atoms with Gasteiger partial charge in [0.15, 0.2) is 0 Å². The van der Waals surface area contributed by atoms with Gasteiger partial charge < -0.3 is 20.6 Å². The molecule has 0 heterocycles. The summed E-state index contributed by atoms with van der Waals surface area (Å²) in [5.41, 5.74) is -0.747. The molecular weight excluding hydrogens is 238 g/mol. The van der Waals surface area contributed by atoms with Gasteiger partial charge in [-0.15, -0.1) is 0 Å². The van der Waals surface area contributed by atoms with Crippen LogP contribution in [0.25, 0.3) is 0 Å². The Hall–Kier alpha value is -2.24. The fourth-order valence-corrected chi connectivity index (χ4v) is 1.69. The van der Waals surface area contributed by atoms with Crippen molar-refractivity contribution in [3.63, 3.8) is 0 Å². The molecule has 0 radical (unpaired) electrons. The zero-order valence-corrected chi connectivity index (χ0v) is 9.51. The lowest BCUT2D eigenvalue weighted by atomic mass is 10.1. The number of phenolic OH excluding ortho intramolecular Hbond substituents is 2. The molecule has 18 heavy (non-hydrogen) atoms. The molecule has 1 fully saturated rings. The molecule has 96 valence electrons. The zero-order chi connectivity index (χ0) is 13.3. The van der Waals surface area contributed by atoms with Gasteiger partial charge in [0.05, 0.1) is 5.41 Å². The SMILES string of the molecule is O=C(NCC1(C(=O)O)CC1)c1cc(O)cc(O)c1. The molecule has 1 aliphatic carbocycles. The van der Waals surface area contributed by atoms with E-state index in [-0.39, 0.29) is 23.6 Å². The van der Waals surface area contributed by atoms with Crippen LogP contribution in [-0.2, 0) is 4.79 Å². The van der Waals surface area contributed by atoms with Gasteiger partial charge in [-0.3, -0.25) is 9.59 Å². The van der Waals surface area contributed by atoms with Crippen LogP contribution in [0.5, 0.6) is 11.5 Å². The first-order chi connectivity index (χ1) is 8.43. The van der Waals surface area contributed by atoms with Crippen molar-refractivity contribution in [1.82, 2.24) is 5.32 Å². The van der Waals surface area contributed by atoms with E-state index in [1.807, 2.05) is 0 Å². The van der Waals surface area contributed by atoms with E-state index >= 15 is 0 Å². The molecule has 6 nitrogen and oxygen atoms in total. The van der Waals surface area contributed by atoms with Crippen LogP contribution >= 0.6 is 0 Å². The van der Waals surface area contributed by atoms with Crippen LogP contribution in [0.15, 0.2) is 18.2 Å². The molecule has 0 unspecified atom stereocenters. The van der Waals surface area contributed by atoms with Crippen molar-refractivity contribution in [2.24, 2.45) is 5.41 Å². The Labute approximate surface area is 103 Å². The van der Waals surface area contributed by atoms with E-state index < -0.39 is 17.3 Å². The van der Waals surface area contributed by atoms with E-state index in [1.54, 1.807) is 0 Å². The predicted molar refractivity (Wildman–Crippen MR) is 61.4 cm³/mol. The molecule has 0 spiro atoms. The maximum Gasteiger partial charge on any atom is 0.311 e. The molecule has 1 amide bonds. The number of carboxylic acid groups (broad SMARTS) is 1.